The van der Waals surface area contributed by atoms with E-state index in [1.165, 1.54) is 10.4 Å². The number of carbonyl (C=O) groups excluding carboxylic acids is 1. The second kappa shape index (κ2) is 6.95. The number of allylic oxidation sites excluding steroid dienone is 1. The van der Waals surface area contributed by atoms with E-state index in [0.717, 1.165) is 36.1 Å². The molecule has 0 fully saturated rings. The molecule has 0 saturated heterocycles. The van der Waals surface area contributed by atoms with Crippen LogP contribution in [0.2, 0.25) is 0 Å². The molecule has 0 aliphatic heterocycles. The predicted octanol–water partition coefficient (Wildman–Crippen LogP) is 4.40. The molecule has 2 aromatic heterocycles. The van der Waals surface area contributed by atoms with Gasteiger partial charge >= 0.3 is 5.97 Å². The van der Waals surface area contributed by atoms with Crippen LogP contribution in [0.4, 0.5) is 0 Å². The van der Waals surface area contributed by atoms with Gasteiger partial charge in [-0.15, -0.1) is 11.3 Å². The zero-order chi connectivity index (χ0) is 20.1. The summed E-state index contributed by atoms with van der Waals surface area (Å²) < 4.78 is 5.48. The van der Waals surface area contributed by atoms with Crippen molar-refractivity contribution in [3.63, 3.8) is 0 Å². The number of nitrogens with zero attached hydrogens (tertiary/aromatic N) is 2. The van der Waals surface area contributed by atoms with Gasteiger partial charge in [0, 0.05) is 27.3 Å². The van der Waals surface area contributed by atoms with Crippen molar-refractivity contribution in [2.45, 2.75) is 71.1 Å². The van der Waals surface area contributed by atoms with Gasteiger partial charge in [0.2, 0.25) is 0 Å². The zero-order valence-corrected chi connectivity index (χ0v) is 17.2. The smallest absolute Gasteiger partial charge is 0.331 e. The first-order valence-electron chi connectivity index (χ1n) is 9.72. The van der Waals surface area contributed by atoms with Crippen molar-refractivity contribution in [1.82, 2.24) is 10.1 Å². The highest BCUT2D eigenvalue weighted by Gasteiger charge is 2.38. The number of carboxylic acids is 1. The summed E-state index contributed by atoms with van der Waals surface area (Å²) in [6.07, 6.45) is 4.93. The van der Waals surface area contributed by atoms with Crippen LogP contribution < -0.4 is 0 Å². The molecule has 0 radical (unpaired) electrons. The predicted molar refractivity (Wildman–Crippen MR) is 106 cm³/mol. The summed E-state index contributed by atoms with van der Waals surface area (Å²) in [4.78, 5) is 31.3. The number of hydrogen-bond acceptors (Lipinski definition) is 6. The Bertz CT molecular complexity index is 996. The molecule has 0 bridgehead atoms. The van der Waals surface area contributed by atoms with Gasteiger partial charge in [-0.25, -0.2) is 4.79 Å². The number of aliphatic carboxylic acids is 1. The van der Waals surface area contributed by atoms with E-state index in [-0.39, 0.29) is 23.2 Å². The van der Waals surface area contributed by atoms with Gasteiger partial charge in [-0.2, -0.15) is 4.98 Å². The Morgan fingerprint density at radius 3 is 2.54 bits per heavy atom. The molecular weight excluding hydrogens is 376 g/mol. The normalized spacial score (nSPS) is 18.4. The lowest BCUT2D eigenvalue weighted by Crippen LogP contribution is -2.17. The molecule has 0 unspecified atom stereocenters. The molecule has 2 aliphatic carbocycles. The van der Waals surface area contributed by atoms with Gasteiger partial charge in [-0.1, -0.05) is 19.0 Å². The van der Waals surface area contributed by atoms with E-state index in [0.29, 0.717) is 30.1 Å². The maximum atomic E-state index is 13.1. The van der Waals surface area contributed by atoms with E-state index in [4.69, 9.17) is 4.52 Å². The maximum Gasteiger partial charge on any atom is 0.331 e. The molecule has 0 amide bonds. The van der Waals surface area contributed by atoms with Crippen molar-refractivity contribution in [3.05, 3.63) is 32.3 Å². The highest BCUT2D eigenvalue weighted by Crippen LogP contribution is 2.50. The molecule has 7 heteroatoms. The van der Waals surface area contributed by atoms with Crippen LogP contribution in [-0.4, -0.2) is 27.0 Å². The van der Waals surface area contributed by atoms with Crippen LogP contribution in [-0.2, 0) is 27.8 Å². The molecule has 4 rings (SSSR count). The molecule has 0 atom stereocenters. The van der Waals surface area contributed by atoms with Crippen molar-refractivity contribution < 1.29 is 19.2 Å². The highest BCUT2D eigenvalue weighted by atomic mass is 32.1. The van der Waals surface area contributed by atoms with Gasteiger partial charge in [-0.3, -0.25) is 4.79 Å². The lowest BCUT2D eigenvalue weighted by molar-refractivity contribution is -0.133. The second-order valence-electron chi connectivity index (χ2n) is 8.30. The van der Waals surface area contributed by atoms with Gasteiger partial charge in [0.1, 0.15) is 0 Å². The Balaban J connectivity index is 1.77. The zero-order valence-electron chi connectivity index (χ0n) is 16.4. The van der Waals surface area contributed by atoms with Crippen LogP contribution in [0.25, 0.3) is 11.5 Å². The second-order valence-corrected chi connectivity index (χ2v) is 9.49. The number of ketones is 1. The number of rotatable bonds is 5. The highest BCUT2D eigenvalue weighted by molar-refractivity contribution is 7.13. The number of fused-ring (bicyclic) bond motifs is 1. The Kier molecular flexibility index (Phi) is 4.73. The standard InChI is InChI=1S/C21H24N2O4S/c1-11-22-19(27-23-11)17-16(28-15-8-9-21(2,3)18(15)17)10-14(24)12-6-4-5-7-13(12)20(25)26/h4-10H2,1-3H3,(H,25,26). The summed E-state index contributed by atoms with van der Waals surface area (Å²) in [6.45, 7) is 6.19. The molecule has 148 valence electrons. The summed E-state index contributed by atoms with van der Waals surface area (Å²) in [5.74, 6) is -0.0343. The van der Waals surface area contributed by atoms with Gasteiger partial charge in [0.25, 0.3) is 5.89 Å². The monoisotopic (exact) mass is 400 g/mol. The van der Waals surface area contributed by atoms with Gasteiger partial charge in [0.05, 0.1) is 5.56 Å². The molecular formula is C21H24N2O4S. The van der Waals surface area contributed by atoms with Crippen molar-refractivity contribution in [2.24, 2.45) is 0 Å². The Morgan fingerprint density at radius 1 is 1.18 bits per heavy atom. The maximum absolute atomic E-state index is 13.1. The van der Waals surface area contributed by atoms with E-state index < -0.39 is 5.97 Å². The van der Waals surface area contributed by atoms with Crippen LogP contribution in [0.3, 0.4) is 0 Å². The fraction of sp³-hybridized carbons (Fsp3) is 0.524. The van der Waals surface area contributed by atoms with Crippen LogP contribution in [0.1, 0.15) is 67.1 Å². The summed E-state index contributed by atoms with van der Waals surface area (Å²) in [5, 5.41) is 13.4. The number of aromatic nitrogens is 2. The Hall–Kier alpha value is -2.28. The molecule has 6 nitrogen and oxygen atoms in total. The quantitative estimate of drug-likeness (QED) is 0.800. The minimum atomic E-state index is -0.967. The SMILES string of the molecule is Cc1noc(-c2c(CC(=O)C3=C(C(=O)O)CCCC3)sc3c2C(C)(C)CC3)n1. The van der Waals surface area contributed by atoms with Crippen molar-refractivity contribution in [2.75, 3.05) is 0 Å². The largest absolute Gasteiger partial charge is 0.478 e. The molecule has 2 aliphatic rings. The van der Waals surface area contributed by atoms with E-state index >= 15 is 0 Å². The topological polar surface area (TPSA) is 93.3 Å². The molecule has 0 saturated carbocycles. The third kappa shape index (κ3) is 3.21. The third-order valence-corrected chi connectivity index (χ3v) is 7.08. The van der Waals surface area contributed by atoms with E-state index in [1.807, 2.05) is 0 Å². The molecule has 0 spiro atoms. The number of carboxylic acid groups (broad SMARTS) is 1. The molecule has 0 aromatic carbocycles. The van der Waals surface area contributed by atoms with Crippen molar-refractivity contribution in [3.8, 4) is 11.5 Å². The number of aryl methyl sites for hydroxylation is 2. The van der Waals surface area contributed by atoms with Gasteiger partial charge < -0.3 is 9.63 Å². The lowest BCUT2D eigenvalue weighted by Gasteiger charge is -2.20. The fourth-order valence-electron chi connectivity index (χ4n) is 4.42. The first-order chi connectivity index (χ1) is 13.3. The van der Waals surface area contributed by atoms with E-state index in [1.54, 1.807) is 18.3 Å². The van der Waals surface area contributed by atoms with E-state index in [9.17, 15) is 14.7 Å². The summed E-state index contributed by atoms with van der Waals surface area (Å²) >= 11 is 1.64. The van der Waals surface area contributed by atoms with Crippen molar-refractivity contribution in [1.29, 1.82) is 0 Å². The first kappa shape index (κ1) is 19.1. The number of thiophene rings is 1. The van der Waals surface area contributed by atoms with Gasteiger partial charge in [0.15, 0.2) is 11.6 Å². The number of carbonyl (C=O) groups is 2. The summed E-state index contributed by atoms with van der Waals surface area (Å²) in [7, 11) is 0. The Labute approximate surface area is 167 Å². The van der Waals surface area contributed by atoms with Gasteiger partial charge in [-0.05, 0) is 56.4 Å². The van der Waals surface area contributed by atoms with E-state index in [2.05, 4.69) is 24.0 Å². The van der Waals surface area contributed by atoms with Crippen LogP contribution in [0.5, 0.6) is 0 Å². The molecule has 28 heavy (non-hydrogen) atoms. The number of Topliss-reactive ketones (excluding diaryl/α,β-unsaturated/α-hetero) is 1. The van der Waals surface area contributed by atoms with Crippen LogP contribution in [0, 0.1) is 6.92 Å². The molecule has 1 N–H and O–H groups in total. The minimum absolute atomic E-state index is 0.0127. The van der Waals surface area contributed by atoms with Crippen LogP contribution >= 0.6 is 11.3 Å². The average Bonchev–Trinajstić information content (AvgIpc) is 3.30. The first-order valence-corrected chi connectivity index (χ1v) is 10.5. The summed E-state index contributed by atoms with van der Waals surface area (Å²) in [6, 6.07) is 0. The Morgan fingerprint density at radius 2 is 1.89 bits per heavy atom. The number of hydrogen-bond donors (Lipinski definition) is 1. The molecule has 2 aromatic rings. The minimum Gasteiger partial charge on any atom is -0.478 e. The third-order valence-electron chi connectivity index (χ3n) is 5.83. The molecule has 2 heterocycles. The average molecular weight is 401 g/mol. The summed E-state index contributed by atoms with van der Waals surface area (Å²) in [5.41, 5.74) is 2.86. The van der Waals surface area contributed by atoms with Crippen molar-refractivity contribution >= 4 is 23.1 Å². The lowest BCUT2D eigenvalue weighted by atomic mass is 9.83. The van der Waals surface area contributed by atoms with Crippen LogP contribution in [0.15, 0.2) is 15.7 Å². The fourth-order valence-corrected chi connectivity index (χ4v) is 5.90.